The number of amides is 2. The van der Waals surface area contributed by atoms with E-state index in [1.807, 2.05) is 24.3 Å². The third-order valence-corrected chi connectivity index (χ3v) is 4.24. The van der Waals surface area contributed by atoms with Crippen molar-refractivity contribution >= 4 is 11.8 Å². The molecule has 0 bridgehead atoms. The third-order valence-electron chi connectivity index (χ3n) is 4.24. The summed E-state index contributed by atoms with van der Waals surface area (Å²) in [4.78, 5) is 25.4. The number of nitrogens with one attached hydrogen (secondary N) is 1. The highest BCUT2D eigenvalue weighted by atomic mass is 16.3. The predicted octanol–water partition coefficient (Wildman–Crippen LogP) is 0.904. The molecule has 2 rings (SSSR count). The van der Waals surface area contributed by atoms with E-state index >= 15 is 0 Å². The third kappa shape index (κ3) is 5.04. The van der Waals surface area contributed by atoms with Gasteiger partial charge in [0, 0.05) is 13.1 Å². The van der Waals surface area contributed by atoms with E-state index in [2.05, 4.69) is 5.32 Å². The maximum atomic E-state index is 12.0. The first kappa shape index (κ1) is 18.4. The van der Waals surface area contributed by atoms with E-state index in [-0.39, 0.29) is 18.4 Å². The maximum absolute atomic E-state index is 12.0. The zero-order valence-electron chi connectivity index (χ0n) is 14.3. The molecule has 1 heterocycles. The van der Waals surface area contributed by atoms with Crippen molar-refractivity contribution in [2.24, 2.45) is 0 Å². The number of carbonyl (C=O) groups excluding carboxylic acids is 2. The number of nitrogens with zero attached hydrogens (tertiary/aromatic N) is 1. The maximum Gasteiger partial charge on any atom is 0.251 e. The number of hydrogen-bond donors (Lipinski definition) is 3. The van der Waals surface area contributed by atoms with Gasteiger partial charge in [-0.1, -0.05) is 24.3 Å². The fraction of sp³-hybridized carbons (Fsp3) is 0.556. The van der Waals surface area contributed by atoms with Crippen LogP contribution in [-0.4, -0.2) is 46.1 Å². The minimum absolute atomic E-state index is 0.0301. The second-order valence-corrected chi connectivity index (χ2v) is 6.80. The smallest absolute Gasteiger partial charge is 0.251 e. The van der Waals surface area contributed by atoms with Gasteiger partial charge in [-0.3, -0.25) is 9.59 Å². The van der Waals surface area contributed by atoms with Crippen LogP contribution in [0.25, 0.3) is 0 Å². The first-order valence-corrected chi connectivity index (χ1v) is 8.33. The lowest BCUT2D eigenvalue weighted by Gasteiger charge is -2.21. The van der Waals surface area contributed by atoms with Crippen molar-refractivity contribution in [1.82, 2.24) is 10.2 Å². The van der Waals surface area contributed by atoms with Crippen molar-refractivity contribution in [3.8, 4) is 0 Å². The van der Waals surface area contributed by atoms with Crippen molar-refractivity contribution in [2.45, 2.75) is 51.4 Å². The van der Waals surface area contributed by atoms with E-state index in [4.69, 9.17) is 0 Å². The summed E-state index contributed by atoms with van der Waals surface area (Å²) in [7, 11) is 0. The van der Waals surface area contributed by atoms with Gasteiger partial charge in [0.15, 0.2) is 0 Å². The summed E-state index contributed by atoms with van der Waals surface area (Å²) in [6.07, 6.45) is 1.06. The average Bonchev–Trinajstić information content (AvgIpc) is 2.68. The molecule has 0 aliphatic carbocycles. The van der Waals surface area contributed by atoms with E-state index in [1.165, 1.54) is 4.90 Å². The van der Waals surface area contributed by atoms with Crippen LogP contribution in [0.15, 0.2) is 24.3 Å². The van der Waals surface area contributed by atoms with Crippen LogP contribution in [0.1, 0.15) is 44.2 Å². The zero-order valence-corrected chi connectivity index (χ0v) is 14.3. The molecular formula is C18H26N2O4. The molecule has 0 radical (unpaired) electrons. The van der Waals surface area contributed by atoms with Gasteiger partial charge in [0.25, 0.3) is 5.91 Å². The molecule has 0 spiro atoms. The summed E-state index contributed by atoms with van der Waals surface area (Å²) in [6.45, 7) is 4.27. The van der Waals surface area contributed by atoms with Crippen molar-refractivity contribution < 1.29 is 19.8 Å². The minimum atomic E-state index is -0.991. The topological polar surface area (TPSA) is 89.9 Å². The van der Waals surface area contributed by atoms with Crippen molar-refractivity contribution in [2.75, 3.05) is 13.1 Å². The lowest BCUT2D eigenvalue weighted by molar-refractivity contribution is -0.142. The molecule has 1 aliphatic heterocycles. The van der Waals surface area contributed by atoms with Gasteiger partial charge in [0.1, 0.15) is 6.10 Å². The van der Waals surface area contributed by atoms with Crippen LogP contribution in [0, 0.1) is 0 Å². The van der Waals surface area contributed by atoms with Gasteiger partial charge >= 0.3 is 0 Å². The van der Waals surface area contributed by atoms with Gasteiger partial charge in [0.2, 0.25) is 5.91 Å². The molecule has 0 aromatic heterocycles. The lowest BCUT2D eigenvalue weighted by atomic mass is 9.97. The summed E-state index contributed by atoms with van der Waals surface area (Å²) in [6, 6.07) is 7.37. The number of aliphatic hydroxyl groups excluding tert-OH is 1. The molecule has 1 atom stereocenters. The predicted molar refractivity (Wildman–Crippen MR) is 90.0 cm³/mol. The van der Waals surface area contributed by atoms with E-state index < -0.39 is 11.7 Å². The van der Waals surface area contributed by atoms with E-state index in [1.54, 1.807) is 13.8 Å². The highest BCUT2D eigenvalue weighted by Gasteiger charge is 2.26. The zero-order chi connectivity index (χ0) is 17.7. The van der Waals surface area contributed by atoms with Gasteiger partial charge in [0.05, 0.1) is 12.1 Å². The Morgan fingerprint density at radius 2 is 1.96 bits per heavy atom. The molecule has 1 aromatic carbocycles. The number of likely N-dealkylation sites (tertiary alicyclic amines) is 1. The fourth-order valence-electron chi connectivity index (χ4n) is 2.70. The van der Waals surface area contributed by atoms with Gasteiger partial charge in [-0.25, -0.2) is 0 Å². The second kappa shape index (κ2) is 7.77. The summed E-state index contributed by atoms with van der Waals surface area (Å²) < 4.78 is 0. The Balaban J connectivity index is 1.85. The van der Waals surface area contributed by atoms with E-state index in [9.17, 15) is 19.8 Å². The van der Waals surface area contributed by atoms with Gasteiger partial charge in [-0.05, 0) is 44.2 Å². The summed E-state index contributed by atoms with van der Waals surface area (Å²) >= 11 is 0. The number of carbonyl (C=O) groups is 2. The van der Waals surface area contributed by atoms with Crippen LogP contribution in [0.2, 0.25) is 0 Å². The quantitative estimate of drug-likeness (QED) is 0.746. The summed E-state index contributed by atoms with van der Waals surface area (Å²) in [5.41, 5.74) is 0.829. The van der Waals surface area contributed by atoms with Gasteiger partial charge in [-0.2, -0.15) is 0 Å². The first-order chi connectivity index (χ1) is 11.3. The molecule has 1 aliphatic rings. The Kier molecular flexibility index (Phi) is 5.96. The largest absolute Gasteiger partial charge is 0.386 e. The molecule has 6 nitrogen and oxygen atoms in total. The van der Waals surface area contributed by atoms with Crippen LogP contribution in [-0.2, 0) is 21.7 Å². The summed E-state index contributed by atoms with van der Waals surface area (Å²) in [5, 5.41) is 22.4. The molecular weight excluding hydrogens is 308 g/mol. The molecule has 6 heteroatoms. The van der Waals surface area contributed by atoms with E-state index in [0.717, 1.165) is 24.0 Å². The summed E-state index contributed by atoms with van der Waals surface area (Å²) in [5.74, 6) is -0.610. The Morgan fingerprint density at radius 1 is 1.29 bits per heavy atom. The second-order valence-electron chi connectivity index (χ2n) is 6.80. The SMILES string of the molecule is CC(C)(O)c1ccc(CNC(=O)CN2CCCCC(O)C2=O)cc1. The molecule has 0 saturated carbocycles. The fourth-order valence-corrected chi connectivity index (χ4v) is 2.70. The Bertz CT molecular complexity index is 578. The molecule has 1 fully saturated rings. The molecule has 132 valence electrons. The molecule has 24 heavy (non-hydrogen) atoms. The average molecular weight is 334 g/mol. The number of rotatable bonds is 5. The Morgan fingerprint density at radius 3 is 2.58 bits per heavy atom. The van der Waals surface area contributed by atoms with Gasteiger partial charge < -0.3 is 20.4 Å². The standard InChI is InChI=1S/C18H26N2O4/c1-18(2,24)14-8-6-13(7-9-14)11-19-16(22)12-20-10-4-3-5-15(21)17(20)23/h6-9,15,21,24H,3-5,10-12H2,1-2H3,(H,19,22). The van der Waals surface area contributed by atoms with Crippen LogP contribution in [0.3, 0.4) is 0 Å². The van der Waals surface area contributed by atoms with Crippen LogP contribution < -0.4 is 5.32 Å². The van der Waals surface area contributed by atoms with Crippen LogP contribution in [0.5, 0.6) is 0 Å². The Labute approximate surface area is 142 Å². The molecule has 3 N–H and O–H groups in total. The minimum Gasteiger partial charge on any atom is -0.386 e. The van der Waals surface area contributed by atoms with Crippen LogP contribution in [0.4, 0.5) is 0 Å². The molecule has 1 aromatic rings. The number of benzene rings is 1. The van der Waals surface area contributed by atoms with Crippen LogP contribution >= 0.6 is 0 Å². The van der Waals surface area contributed by atoms with Crippen molar-refractivity contribution in [1.29, 1.82) is 0 Å². The molecule has 1 unspecified atom stereocenters. The Hall–Kier alpha value is -1.92. The molecule has 2 amide bonds. The number of hydrogen-bond acceptors (Lipinski definition) is 4. The molecule has 1 saturated heterocycles. The highest BCUT2D eigenvalue weighted by Crippen LogP contribution is 2.19. The first-order valence-electron chi connectivity index (χ1n) is 8.33. The number of aliphatic hydroxyl groups is 2. The van der Waals surface area contributed by atoms with Crippen molar-refractivity contribution in [3.05, 3.63) is 35.4 Å². The van der Waals surface area contributed by atoms with Gasteiger partial charge in [-0.15, -0.1) is 0 Å². The van der Waals surface area contributed by atoms with Crippen molar-refractivity contribution in [3.63, 3.8) is 0 Å². The van der Waals surface area contributed by atoms with E-state index in [0.29, 0.717) is 19.5 Å². The normalized spacial score (nSPS) is 19.1. The monoisotopic (exact) mass is 334 g/mol. The highest BCUT2D eigenvalue weighted by molar-refractivity contribution is 5.87. The lowest BCUT2D eigenvalue weighted by Crippen LogP contribution is -2.44.